The Morgan fingerprint density at radius 3 is 2.32 bits per heavy atom. The van der Waals surface area contributed by atoms with Crippen LogP contribution in [0.3, 0.4) is 0 Å². The van der Waals surface area contributed by atoms with Crippen LogP contribution < -0.4 is 20.9 Å². The van der Waals surface area contributed by atoms with Crippen molar-refractivity contribution in [2.24, 2.45) is 5.73 Å². The predicted molar refractivity (Wildman–Crippen MR) is 175 cm³/mol. The van der Waals surface area contributed by atoms with Crippen LogP contribution in [-0.2, 0) is 15.6 Å². The Labute approximate surface area is 248 Å². The fourth-order valence-corrected chi connectivity index (χ4v) is 6.58. The van der Waals surface area contributed by atoms with Crippen molar-refractivity contribution in [1.29, 1.82) is 0 Å². The van der Waals surface area contributed by atoms with E-state index in [1.54, 1.807) is 0 Å². The third kappa shape index (κ3) is 6.78. The molecule has 1 unspecified atom stereocenters. The van der Waals surface area contributed by atoms with Crippen LogP contribution in [0.1, 0.15) is 77.3 Å². The number of anilines is 2. The number of rotatable bonds is 13. The van der Waals surface area contributed by atoms with Crippen LogP contribution in [0, 0.1) is 0 Å². The summed E-state index contributed by atoms with van der Waals surface area (Å²) < 4.78 is 0. The van der Waals surface area contributed by atoms with Crippen LogP contribution in [-0.4, -0.2) is 38.6 Å². The second-order valence-electron chi connectivity index (χ2n) is 12.6. The average Bonchev–Trinajstić information content (AvgIpc) is 3.29. The summed E-state index contributed by atoms with van der Waals surface area (Å²) in [6.07, 6.45) is 16.7. The molecule has 0 fully saturated rings. The van der Waals surface area contributed by atoms with Crippen molar-refractivity contribution in [3.05, 3.63) is 95.7 Å². The standard InChI is InChI=1S/C36H50N4O/c1-35(2)28-18-11-13-20-30(28)39(5)32(35)22-8-6-9-23-33-36(3,4)29-19-12-14-21-31(29)40(33)27-17-7-10-24-34(41)38-26-16-15-25-37/h6,8-9,11-14,18-23,33H,7,10,15-17,24-27,37H2,1-5H3,(H,38,41)/b8-6+,23-9+,32-22+. The van der Waals surface area contributed by atoms with E-state index in [1.165, 1.54) is 28.2 Å². The zero-order chi connectivity index (χ0) is 29.5. The summed E-state index contributed by atoms with van der Waals surface area (Å²) in [6, 6.07) is 17.8. The lowest BCUT2D eigenvalue weighted by molar-refractivity contribution is -0.121. The number of amides is 1. The van der Waals surface area contributed by atoms with Crippen LogP contribution in [0.5, 0.6) is 0 Å². The largest absolute Gasteiger partial charge is 0.364 e. The normalized spacial score (nSPS) is 19.9. The molecule has 2 aromatic rings. The van der Waals surface area contributed by atoms with Gasteiger partial charge in [0.1, 0.15) is 0 Å². The lowest BCUT2D eigenvalue weighted by Gasteiger charge is -2.32. The van der Waals surface area contributed by atoms with Gasteiger partial charge in [-0.2, -0.15) is 0 Å². The molecule has 1 atom stereocenters. The fourth-order valence-electron chi connectivity index (χ4n) is 6.58. The zero-order valence-electron chi connectivity index (χ0n) is 25.8. The van der Waals surface area contributed by atoms with Crippen molar-refractivity contribution < 1.29 is 4.79 Å². The molecule has 0 saturated heterocycles. The van der Waals surface area contributed by atoms with Gasteiger partial charge >= 0.3 is 0 Å². The summed E-state index contributed by atoms with van der Waals surface area (Å²) in [5.41, 5.74) is 12.2. The van der Waals surface area contributed by atoms with Crippen LogP contribution in [0.25, 0.3) is 0 Å². The quantitative estimate of drug-likeness (QED) is 0.207. The van der Waals surface area contributed by atoms with Gasteiger partial charge in [-0.1, -0.05) is 94.8 Å². The molecular formula is C36H50N4O. The van der Waals surface area contributed by atoms with E-state index in [9.17, 15) is 4.79 Å². The van der Waals surface area contributed by atoms with Gasteiger partial charge in [-0.25, -0.2) is 0 Å². The molecule has 220 valence electrons. The topological polar surface area (TPSA) is 61.6 Å². The number of nitrogens with two attached hydrogens (primary N) is 1. The molecule has 3 N–H and O–H groups in total. The molecule has 1 amide bonds. The number of hydrogen-bond donors (Lipinski definition) is 2. The Morgan fingerprint density at radius 2 is 1.59 bits per heavy atom. The molecule has 0 radical (unpaired) electrons. The van der Waals surface area contributed by atoms with E-state index in [2.05, 4.69) is 129 Å². The maximum atomic E-state index is 12.1. The smallest absolute Gasteiger partial charge is 0.219 e. The van der Waals surface area contributed by atoms with Gasteiger partial charge < -0.3 is 20.9 Å². The van der Waals surface area contributed by atoms with E-state index in [0.29, 0.717) is 13.0 Å². The number of nitrogens with one attached hydrogen (secondary N) is 1. The Morgan fingerprint density at radius 1 is 0.878 bits per heavy atom. The minimum atomic E-state index is -0.0174. The molecule has 2 aliphatic rings. The molecule has 2 heterocycles. The van der Waals surface area contributed by atoms with Crippen LogP contribution in [0.4, 0.5) is 11.4 Å². The molecule has 0 aliphatic carbocycles. The van der Waals surface area contributed by atoms with Gasteiger partial charge in [0, 0.05) is 54.5 Å². The third-order valence-corrected chi connectivity index (χ3v) is 8.95. The summed E-state index contributed by atoms with van der Waals surface area (Å²) in [4.78, 5) is 17.0. The second kappa shape index (κ2) is 13.6. The second-order valence-corrected chi connectivity index (χ2v) is 12.6. The molecule has 2 aromatic carbocycles. The van der Waals surface area contributed by atoms with E-state index in [-0.39, 0.29) is 22.8 Å². The van der Waals surface area contributed by atoms with Gasteiger partial charge in [0.25, 0.3) is 0 Å². The van der Waals surface area contributed by atoms with Gasteiger partial charge in [0.05, 0.1) is 6.04 Å². The number of carbonyl (C=O) groups excluding carboxylic acids is 1. The Balaban J connectivity index is 1.37. The van der Waals surface area contributed by atoms with Crippen molar-refractivity contribution in [1.82, 2.24) is 5.32 Å². The number of likely N-dealkylation sites (N-methyl/N-ethyl adjacent to an activating group) is 1. The Kier molecular flexibility index (Phi) is 10.1. The fraction of sp³-hybridized carbons (Fsp3) is 0.472. The number of fused-ring (bicyclic) bond motifs is 2. The Hall–Kier alpha value is -3.31. The molecule has 0 saturated carbocycles. The van der Waals surface area contributed by atoms with Crippen molar-refractivity contribution >= 4 is 17.3 Å². The summed E-state index contributed by atoms with van der Waals surface area (Å²) in [6.45, 7) is 11.7. The average molecular weight is 555 g/mol. The van der Waals surface area contributed by atoms with E-state index in [4.69, 9.17) is 5.73 Å². The van der Waals surface area contributed by atoms with Crippen molar-refractivity contribution in [2.75, 3.05) is 36.5 Å². The highest BCUT2D eigenvalue weighted by molar-refractivity contribution is 5.75. The van der Waals surface area contributed by atoms with Gasteiger partial charge in [-0.3, -0.25) is 4.79 Å². The van der Waals surface area contributed by atoms with Crippen molar-refractivity contribution in [2.45, 2.75) is 83.1 Å². The summed E-state index contributed by atoms with van der Waals surface area (Å²) >= 11 is 0. The van der Waals surface area contributed by atoms with Gasteiger partial charge in [0.2, 0.25) is 5.91 Å². The molecule has 0 bridgehead atoms. The highest BCUT2D eigenvalue weighted by Crippen LogP contribution is 2.47. The first kappa shape index (κ1) is 30.6. The van der Waals surface area contributed by atoms with E-state index in [1.807, 2.05) is 0 Å². The van der Waals surface area contributed by atoms with Gasteiger partial charge in [0.15, 0.2) is 0 Å². The number of allylic oxidation sites excluding steroid dienone is 5. The minimum absolute atomic E-state index is 0.0120. The third-order valence-electron chi connectivity index (χ3n) is 8.95. The molecule has 0 aromatic heterocycles. The lowest BCUT2D eigenvalue weighted by atomic mass is 9.80. The molecule has 5 nitrogen and oxygen atoms in total. The number of para-hydroxylation sites is 2. The van der Waals surface area contributed by atoms with E-state index >= 15 is 0 Å². The SMILES string of the molecule is CN1/C(=C/C=C/C=C/C2N(CCCCCC(=O)NCCCCN)c3ccccc3C2(C)C)C(C)(C)c2ccccc21. The molecule has 41 heavy (non-hydrogen) atoms. The highest BCUT2D eigenvalue weighted by Gasteiger charge is 2.42. The predicted octanol–water partition coefficient (Wildman–Crippen LogP) is 6.99. The summed E-state index contributed by atoms with van der Waals surface area (Å²) in [5.74, 6) is 0.160. The van der Waals surface area contributed by atoms with E-state index < -0.39 is 0 Å². The van der Waals surface area contributed by atoms with Crippen molar-refractivity contribution in [3.63, 3.8) is 0 Å². The molecule has 0 spiro atoms. The maximum absolute atomic E-state index is 12.1. The summed E-state index contributed by atoms with van der Waals surface area (Å²) in [5, 5.41) is 3.02. The highest BCUT2D eigenvalue weighted by atomic mass is 16.1. The first-order chi connectivity index (χ1) is 19.7. The molecule has 4 rings (SSSR count). The molecular weight excluding hydrogens is 504 g/mol. The van der Waals surface area contributed by atoms with Gasteiger partial charge in [-0.15, -0.1) is 0 Å². The molecule has 2 aliphatic heterocycles. The number of unbranched alkanes of at least 4 members (excludes halogenated alkanes) is 3. The number of benzene rings is 2. The Bertz CT molecular complexity index is 1270. The summed E-state index contributed by atoms with van der Waals surface area (Å²) in [7, 11) is 2.16. The first-order valence-corrected chi connectivity index (χ1v) is 15.4. The van der Waals surface area contributed by atoms with Crippen LogP contribution in [0.2, 0.25) is 0 Å². The number of nitrogens with zero attached hydrogens (tertiary/aromatic N) is 2. The van der Waals surface area contributed by atoms with Crippen molar-refractivity contribution in [3.8, 4) is 0 Å². The lowest BCUT2D eigenvalue weighted by Crippen LogP contribution is -2.40. The number of carbonyl (C=O) groups is 1. The minimum Gasteiger partial charge on any atom is -0.364 e. The zero-order valence-corrected chi connectivity index (χ0v) is 25.8. The monoisotopic (exact) mass is 554 g/mol. The first-order valence-electron chi connectivity index (χ1n) is 15.4. The molecule has 5 heteroatoms. The van der Waals surface area contributed by atoms with Gasteiger partial charge in [-0.05, 0) is 61.6 Å². The van der Waals surface area contributed by atoms with Crippen LogP contribution >= 0.6 is 0 Å². The number of hydrogen-bond acceptors (Lipinski definition) is 4. The maximum Gasteiger partial charge on any atom is 0.219 e. The van der Waals surface area contributed by atoms with E-state index in [0.717, 1.165) is 45.2 Å². The van der Waals surface area contributed by atoms with Crippen LogP contribution in [0.15, 0.2) is 84.6 Å².